The molecule has 0 aromatic heterocycles. The predicted octanol–water partition coefficient (Wildman–Crippen LogP) is 2.33. The molecule has 5 heteroatoms. The highest BCUT2D eigenvalue weighted by atomic mass is 35.5. The highest BCUT2D eigenvalue weighted by molar-refractivity contribution is 5.85. The smallest absolute Gasteiger partial charge is 0.224 e. The van der Waals surface area contributed by atoms with Gasteiger partial charge in [0.15, 0.2) is 0 Å². The SMILES string of the molecule is Cc1ccccc1CC1CCCN1C(=O)CC1COCCN1.Cl. The highest BCUT2D eigenvalue weighted by Crippen LogP contribution is 2.23. The van der Waals surface area contributed by atoms with Crippen molar-refractivity contribution in [2.75, 3.05) is 26.3 Å². The van der Waals surface area contributed by atoms with E-state index in [9.17, 15) is 4.79 Å². The van der Waals surface area contributed by atoms with Gasteiger partial charge < -0.3 is 15.0 Å². The molecule has 1 aromatic rings. The summed E-state index contributed by atoms with van der Waals surface area (Å²) in [5.41, 5.74) is 2.69. The van der Waals surface area contributed by atoms with Gasteiger partial charge in [0.25, 0.3) is 0 Å². The van der Waals surface area contributed by atoms with E-state index in [1.165, 1.54) is 11.1 Å². The van der Waals surface area contributed by atoms with Crippen LogP contribution in [0.15, 0.2) is 24.3 Å². The van der Waals surface area contributed by atoms with Crippen molar-refractivity contribution in [1.29, 1.82) is 0 Å². The van der Waals surface area contributed by atoms with Gasteiger partial charge in [-0.3, -0.25) is 4.79 Å². The average molecular weight is 339 g/mol. The molecule has 2 unspecified atom stereocenters. The largest absolute Gasteiger partial charge is 0.378 e. The van der Waals surface area contributed by atoms with Crippen molar-refractivity contribution in [3.05, 3.63) is 35.4 Å². The van der Waals surface area contributed by atoms with Gasteiger partial charge in [-0.05, 0) is 37.3 Å². The number of benzene rings is 1. The summed E-state index contributed by atoms with van der Waals surface area (Å²) >= 11 is 0. The monoisotopic (exact) mass is 338 g/mol. The summed E-state index contributed by atoms with van der Waals surface area (Å²) in [5, 5.41) is 3.37. The molecule has 2 saturated heterocycles. The summed E-state index contributed by atoms with van der Waals surface area (Å²) in [6.07, 6.45) is 3.78. The van der Waals surface area contributed by atoms with Gasteiger partial charge in [-0.25, -0.2) is 0 Å². The Labute approximate surface area is 145 Å². The Bertz CT molecular complexity index is 517. The molecule has 128 valence electrons. The molecule has 1 N–H and O–H groups in total. The van der Waals surface area contributed by atoms with Gasteiger partial charge in [0.2, 0.25) is 5.91 Å². The summed E-state index contributed by atoms with van der Waals surface area (Å²) in [7, 11) is 0. The number of ether oxygens (including phenoxy) is 1. The fourth-order valence-corrected chi connectivity index (χ4v) is 3.55. The lowest BCUT2D eigenvalue weighted by atomic mass is 9.99. The fraction of sp³-hybridized carbons (Fsp3) is 0.611. The van der Waals surface area contributed by atoms with Crippen LogP contribution >= 0.6 is 12.4 Å². The Morgan fingerprint density at radius 1 is 1.39 bits per heavy atom. The van der Waals surface area contributed by atoms with Crippen LogP contribution in [0.4, 0.5) is 0 Å². The van der Waals surface area contributed by atoms with Crippen molar-refractivity contribution in [3.8, 4) is 0 Å². The Morgan fingerprint density at radius 3 is 2.96 bits per heavy atom. The van der Waals surface area contributed by atoms with E-state index in [2.05, 4.69) is 41.4 Å². The quantitative estimate of drug-likeness (QED) is 0.916. The van der Waals surface area contributed by atoms with Crippen LogP contribution in [0.3, 0.4) is 0 Å². The lowest BCUT2D eigenvalue weighted by Gasteiger charge is -2.29. The standard InChI is InChI=1S/C18H26N2O2.ClH/c1-14-5-2-3-6-15(14)11-17-7-4-9-20(17)18(21)12-16-13-22-10-8-19-16;/h2-3,5-6,16-17,19H,4,7-13H2,1H3;1H. The maximum Gasteiger partial charge on any atom is 0.224 e. The third-order valence-electron chi connectivity index (χ3n) is 4.83. The Balaban J connectivity index is 0.00000192. The lowest BCUT2D eigenvalue weighted by molar-refractivity contribution is -0.133. The Kier molecular flexibility index (Phi) is 6.88. The first-order chi connectivity index (χ1) is 10.7. The zero-order valence-corrected chi connectivity index (χ0v) is 14.6. The van der Waals surface area contributed by atoms with Crippen LogP contribution in [0.5, 0.6) is 0 Å². The van der Waals surface area contributed by atoms with E-state index in [1.807, 2.05) is 0 Å². The van der Waals surface area contributed by atoms with E-state index in [-0.39, 0.29) is 24.4 Å². The number of rotatable bonds is 4. The number of halogens is 1. The molecule has 0 spiro atoms. The third-order valence-corrected chi connectivity index (χ3v) is 4.83. The molecule has 2 aliphatic rings. The van der Waals surface area contributed by atoms with Gasteiger partial charge in [0.1, 0.15) is 0 Å². The predicted molar refractivity (Wildman–Crippen MR) is 94.1 cm³/mol. The van der Waals surface area contributed by atoms with E-state index in [0.29, 0.717) is 19.1 Å². The van der Waals surface area contributed by atoms with Crippen LogP contribution in [0.25, 0.3) is 0 Å². The molecular weight excluding hydrogens is 312 g/mol. The van der Waals surface area contributed by atoms with E-state index in [4.69, 9.17) is 4.74 Å². The minimum absolute atomic E-state index is 0. The number of carbonyl (C=O) groups is 1. The molecule has 2 fully saturated rings. The Hall–Kier alpha value is -1.10. The summed E-state index contributed by atoms with van der Waals surface area (Å²) in [4.78, 5) is 14.7. The van der Waals surface area contributed by atoms with Crippen LogP contribution in [0.1, 0.15) is 30.4 Å². The lowest BCUT2D eigenvalue weighted by Crippen LogP contribution is -2.46. The van der Waals surface area contributed by atoms with E-state index < -0.39 is 0 Å². The molecule has 1 aromatic carbocycles. The van der Waals surface area contributed by atoms with Crippen LogP contribution in [-0.2, 0) is 16.0 Å². The number of morpholine rings is 1. The van der Waals surface area contributed by atoms with Gasteiger partial charge in [0.05, 0.1) is 13.2 Å². The van der Waals surface area contributed by atoms with Gasteiger partial charge in [0, 0.05) is 31.6 Å². The van der Waals surface area contributed by atoms with Crippen molar-refractivity contribution >= 4 is 18.3 Å². The first kappa shape index (κ1) is 18.2. The van der Waals surface area contributed by atoms with Crippen LogP contribution in [0, 0.1) is 6.92 Å². The number of hydrogen-bond donors (Lipinski definition) is 1. The van der Waals surface area contributed by atoms with Crippen LogP contribution < -0.4 is 5.32 Å². The number of aryl methyl sites for hydroxylation is 1. The number of nitrogens with zero attached hydrogens (tertiary/aromatic N) is 1. The van der Waals surface area contributed by atoms with Crippen molar-refractivity contribution in [2.45, 2.75) is 44.7 Å². The minimum Gasteiger partial charge on any atom is -0.378 e. The zero-order chi connectivity index (χ0) is 15.4. The molecule has 23 heavy (non-hydrogen) atoms. The van der Waals surface area contributed by atoms with Crippen molar-refractivity contribution in [3.63, 3.8) is 0 Å². The second kappa shape index (κ2) is 8.67. The molecule has 2 aliphatic heterocycles. The summed E-state index contributed by atoms with van der Waals surface area (Å²) in [5.74, 6) is 0.277. The van der Waals surface area contributed by atoms with Gasteiger partial charge in [-0.15, -0.1) is 12.4 Å². The van der Waals surface area contributed by atoms with Gasteiger partial charge in [-0.1, -0.05) is 24.3 Å². The Morgan fingerprint density at radius 2 is 2.22 bits per heavy atom. The van der Waals surface area contributed by atoms with Gasteiger partial charge in [-0.2, -0.15) is 0 Å². The minimum atomic E-state index is 0. The highest BCUT2D eigenvalue weighted by Gasteiger charge is 2.30. The van der Waals surface area contributed by atoms with E-state index in [1.54, 1.807) is 0 Å². The second-order valence-corrected chi connectivity index (χ2v) is 6.44. The van der Waals surface area contributed by atoms with Crippen LogP contribution in [0.2, 0.25) is 0 Å². The molecule has 3 rings (SSSR count). The molecule has 2 atom stereocenters. The number of carbonyl (C=O) groups excluding carboxylic acids is 1. The summed E-state index contributed by atoms with van der Waals surface area (Å²) in [6.45, 7) is 5.32. The molecule has 4 nitrogen and oxygen atoms in total. The van der Waals surface area contributed by atoms with Gasteiger partial charge >= 0.3 is 0 Å². The van der Waals surface area contributed by atoms with Crippen molar-refractivity contribution in [1.82, 2.24) is 10.2 Å². The topological polar surface area (TPSA) is 41.6 Å². The first-order valence-corrected chi connectivity index (χ1v) is 8.39. The molecule has 2 heterocycles. The van der Waals surface area contributed by atoms with E-state index in [0.717, 1.165) is 39.0 Å². The average Bonchev–Trinajstić information content (AvgIpc) is 2.99. The molecular formula is C18H27ClN2O2. The molecule has 0 saturated carbocycles. The summed E-state index contributed by atoms with van der Waals surface area (Å²) < 4.78 is 5.45. The number of likely N-dealkylation sites (tertiary alicyclic amines) is 1. The molecule has 1 amide bonds. The van der Waals surface area contributed by atoms with Crippen molar-refractivity contribution < 1.29 is 9.53 Å². The number of nitrogens with one attached hydrogen (secondary N) is 1. The zero-order valence-electron chi connectivity index (χ0n) is 13.8. The first-order valence-electron chi connectivity index (χ1n) is 8.39. The molecule has 0 bridgehead atoms. The third kappa shape index (κ3) is 4.69. The molecule has 0 radical (unpaired) electrons. The maximum atomic E-state index is 12.6. The summed E-state index contributed by atoms with van der Waals surface area (Å²) in [6, 6.07) is 9.05. The number of amides is 1. The van der Waals surface area contributed by atoms with E-state index >= 15 is 0 Å². The molecule has 0 aliphatic carbocycles. The normalized spacial score (nSPS) is 24.3. The maximum absolute atomic E-state index is 12.6. The van der Waals surface area contributed by atoms with Crippen LogP contribution in [-0.4, -0.2) is 49.2 Å². The van der Waals surface area contributed by atoms with Crippen molar-refractivity contribution in [2.24, 2.45) is 0 Å². The fourth-order valence-electron chi connectivity index (χ4n) is 3.55. The number of hydrogen-bond acceptors (Lipinski definition) is 3. The second-order valence-electron chi connectivity index (χ2n) is 6.44.